The predicted molar refractivity (Wildman–Crippen MR) is 300 cm³/mol. The Morgan fingerprint density at radius 1 is 0.646 bits per heavy atom. The Bertz CT molecular complexity index is 2820. The first kappa shape index (κ1) is 68.3. The molecule has 0 aliphatic carbocycles. The minimum Gasteiger partial charge on any atom is -0.370 e. The van der Waals surface area contributed by atoms with E-state index in [4.69, 9.17) is 17.3 Å². The number of aromatic nitrogens is 4. The molecule has 0 bridgehead atoms. The van der Waals surface area contributed by atoms with Gasteiger partial charge in [0.05, 0.1) is 18.4 Å². The van der Waals surface area contributed by atoms with Crippen LogP contribution in [-0.2, 0) is 80.9 Å². The number of hydrogen-bond donors (Lipinski definition) is 15. The number of nitrogens with two attached hydrogens (primary N) is 3. The first-order valence-corrected chi connectivity index (χ1v) is 27.6. The van der Waals surface area contributed by atoms with Gasteiger partial charge in [0.15, 0.2) is 0 Å². The van der Waals surface area contributed by atoms with Crippen molar-refractivity contribution in [2.45, 2.75) is 122 Å². The number of nitrogens with zero attached hydrogens (tertiary/aromatic N) is 2. The quantitative estimate of drug-likeness (QED) is 0.0176. The van der Waals surface area contributed by atoms with Crippen molar-refractivity contribution in [2.75, 3.05) is 30.5 Å². The van der Waals surface area contributed by atoms with E-state index in [9.17, 15) is 52.7 Å². The number of rotatable bonds is 34. The van der Waals surface area contributed by atoms with Gasteiger partial charge in [-0.05, 0) is 73.8 Å². The van der Waals surface area contributed by atoms with Gasteiger partial charge in [-0.1, -0.05) is 45.9 Å². The molecule has 3 heterocycles. The Morgan fingerprint density at radius 3 is 1.91 bits per heavy atom. The number of H-pyrrole nitrogens is 2. The molecule has 0 fully saturated rings. The fourth-order valence-electron chi connectivity index (χ4n) is 8.14. The normalized spacial score (nSPS) is 13.5. The molecule has 11 amide bonds. The Labute approximate surface area is 491 Å². The molecule has 0 aliphatic heterocycles. The molecule has 0 unspecified atom stereocenters. The van der Waals surface area contributed by atoms with Crippen LogP contribution in [-0.4, -0.2) is 152 Å². The summed E-state index contributed by atoms with van der Waals surface area (Å²) < 4.78 is 0. The largest absolute Gasteiger partial charge is 0.370 e. The molecule has 3 aromatic heterocycles. The summed E-state index contributed by atoms with van der Waals surface area (Å²) in [7, 11) is 0. The van der Waals surface area contributed by atoms with Crippen LogP contribution in [0.2, 0.25) is 0 Å². The maximum atomic E-state index is 14.2. The summed E-state index contributed by atoms with van der Waals surface area (Å²) in [4.78, 5) is 160. The maximum absolute atomic E-state index is 14.2. The number of carbonyl (C=O) groups is 11. The second-order valence-electron chi connectivity index (χ2n) is 19.8. The number of fused-ring (bicyclic) bond motifs is 1. The molecule has 1 radical (unpaired) electrons. The van der Waals surface area contributed by atoms with Gasteiger partial charge in [-0.15, -0.1) is 0 Å². The molecule has 4 aromatic rings. The zero-order chi connectivity index (χ0) is 59.8. The van der Waals surface area contributed by atoms with Crippen molar-refractivity contribution in [1.29, 1.82) is 0 Å². The van der Waals surface area contributed by atoms with Crippen molar-refractivity contribution >= 4 is 93.5 Å². The number of thioether (sulfide) groups is 1. The number of pyridine rings is 1. The van der Waals surface area contributed by atoms with Crippen LogP contribution in [0.15, 0.2) is 61.3 Å². The molecule has 447 valence electrons. The van der Waals surface area contributed by atoms with Gasteiger partial charge < -0.3 is 74.7 Å². The van der Waals surface area contributed by atoms with Crippen LogP contribution in [0.1, 0.15) is 88.3 Å². The van der Waals surface area contributed by atoms with E-state index in [-0.39, 0.29) is 83.1 Å². The van der Waals surface area contributed by atoms with Gasteiger partial charge in [0.1, 0.15) is 48.1 Å². The molecule has 28 nitrogen and oxygen atoms in total. The molecule has 0 aliphatic rings. The first-order valence-electron chi connectivity index (χ1n) is 26.2. The molecule has 1 aromatic carbocycles. The number of benzene rings is 1. The van der Waals surface area contributed by atoms with Gasteiger partial charge in [-0.2, -0.15) is 11.8 Å². The molecule has 82 heavy (non-hydrogen) atoms. The van der Waals surface area contributed by atoms with Crippen LogP contribution >= 0.6 is 11.8 Å². The minimum atomic E-state index is -1.39. The fraction of sp³-hybridized carbons (Fsp3) is 0.481. The van der Waals surface area contributed by atoms with Gasteiger partial charge >= 0.3 is 0 Å². The van der Waals surface area contributed by atoms with Gasteiger partial charge in [-0.25, -0.2) is 15.8 Å². The number of hydrazine groups is 1. The second-order valence-corrected chi connectivity index (χ2v) is 20.8. The minimum absolute atomic E-state index is 0. The number of aromatic amines is 2. The van der Waals surface area contributed by atoms with E-state index in [1.54, 1.807) is 38.2 Å². The van der Waals surface area contributed by atoms with E-state index in [2.05, 4.69) is 73.2 Å². The molecular weight excluding hydrogens is 1170 g/mol. The topological polar surface area (TPSA) is 443 Å². The third-order valence-corrected chi connectivity index (χ3v) is 13.2. The second kappa shape index (κ2) is 34.4. The third kappa shape index (κ3) is 22.5. The van der Waals surface area contributed by atoms with E-state index in [0.717, 1.165) is 10.9 Å². The number of nitrogens with one attached hydrogen (secondary N) is 12. The SMILES string of the molecule is CSCC[C@H](NC(=O)[C@H](CC(C)C)NC(=O)[C@H](Cc1cnc[nH]1)NC(=O)CNC(=O)[C@@H](NC(=O)[C@H](C)NC(=O)[C@H](Cc1c[nH]c2ccccc12)NC(=O)[C@H](CCC(N)=O)NC(=O)CCNC(=O)c1ccc(NN)nc1)C(C)C)C(N)=O.[99Tc]. The molecule has 7 atom stereocenters. The van der Waals surface area contributed by atoms with Crippen molar-refractivity contribution in [2.24, 2.45) is 29.1 Å². The molecule has 30 heteroatoms. The van der Waals surface area contributed by atoms with E-state index in [1.165, 1.54) is 49.5 Å². The predicted octanol–water partition coefficient (Wildman–Crippen LogP) is -2.09. The zero-order valence-corrected chi connectivity index (χ0v) is 49.1. The number of primary amides is 2. The van der Waals surface area contributed by atoms with E-state index in [0.29, 0.717) is 22.8 Å². The zero-order valence-electron chi connectivity index (χ0n) is 46.4. The van der Waals surface area contributed by atoms with Crippen LogP contribution in [0.4, 0.5) is 5.82 Å². The van der Waals surface area contributed by atoms with Crippen molar-refractivity contribution in [3.63, 3.8) is 0 Å². The number of hydrogen-bond acceptors (Lipinski definition) is 16. The number of amides is 11. The summed E-state index contributed by atoms with van der Waals surface area (Å²) in [6, 6.07) is 1.39. The number of anilines is 1. The van der Waals surface area contributed by atoms with Crippen molar-refractivity contribution in [1.82, 2.24) is 67.8 Å². The summed E-state index contributed by atoms with van der Waals surface area (Å²) in [6.45, 7) is 7.48. The number of imidazole rings is 1. The molecule has 0 saturated carbocycles. The Balaban J connectivity index is 0.0000176. The number of para-hydroxylation sites is 1. The smallest absolute Gasteiger partial charge is 0.252 e. The summed E-state index contributed by atoms with van der Waals surface area (Å²) in [5, 5.41) is 24.1. The fourth-order valence-corrected chi connectivity index (χ4v) is 8.61. The van der Waals surface area contributed by atoms with E-state index < -0.39 is 120 Å². The van der Waals surface area contributed by atoms with Crippen LogP contribution < -0.4 is 70.6 Å². The van der Waals surface area contributed by atoms with Gasteiger partial charge in [0, 0.05) is 87.5 Å². The third-order valence-electron chi connectivity index (χ3n) is 12.5. The van der Waals surface area contributed by atoms with E-state index >= 15 is 0 Å². The Kier molecular flexibility index (Phi) is 28.6. The van der Waals surface area contributed by atoms with Crippen molar-refractivity contribution < 1.29 is 72.8 Å². The molecule has 0 spiro atoms. The summed E-state index contributed by atoms with van der Waals surface area (Å²) in [5.74, 6) is -2.69. The molecule has 18 N–H and O–H groups in total. The van der Waals surface area contributed by atoms with Gasteiger partial charge in [0.25, 0.3) is 5.91 Å². The summed E-state index contributed by atoms with van der Waals surface area (Å²) in [5.41, 5.74) is 15.3. The first-order chi connectivity index (χ1) is 38.5. The maximum Gasteiger partial charge on any atom is 0.252 e. The summed E-state index contributed by atoms with van der Waals surface area (Å²) in [6.07, 6.45) is 6.94. The molecule has 0 saturated heterocycles. The Hall–Kier alpha value is -7.95. The average Bonchev–Trinajstić information content (AvgIpc) is 4.16. The van der Waals surface area contributed by atoms with Crippen LogP contribution in [0.3, 0.4) is 0 Å². The van der Waals surface area contributed by atoms with E-state index in [1.807, 2.05) is 26.2 Å². The number of nitrogen functional groups attached to an aromatic ring is 1. The summed E-state index contributed by atoms with van der Waals surface area (Å²) >= 11 is 1.46. The molecule has 4 rings (SSSR count). The van der Waals surface area contributed by atoms with Gasteiger partial charge in [0.2, 0.25) is 59.1 Å². The Morgan fingerprint density at radius 2 is 1.29 bits per heavy atom. The monoisotopic (exact) mass is 1240 g/mol. The van der Waals surface area contributed by atoms with Crippen LogP contribution in [0.25, 0.3) is 10.9 Å². The average molecular weight is 1250 g/mol. The van der Waals surface area contributed by atoms with Crippen molar-refractivity contribution in [3.05, 3.63) is 78.1 Å². The van der Waals surface area contributed by atoms with Gasteiger partial charge in [-0.3, -0.25) is 52.7 Å². The van der Waals surface area contributed by atoms with Crippen molar-refractivity contribution in [3.8, 4) is 0 Å². The van der Waals surface area contributed by atoms with Crippen LogP contribution in [0, 0.1) is 11.8 Å². The number of carbonyl (C=O) groups excluding carboxylic acids is 11. The molecular formula is C52H75N17O11STc. The van der Waals surface area contributed by atoms with Crippen LogP contribution in [0.5, 0.6) is 0 Å². The standard InChI is InChI=1S/C52H75N17O11S.Tc/c1-27(2)19-37(50(78)65-35(45(54)73)16-18-81-6)66-51(79)39(21-32-24-56-26-61-32)64-43(72)25-60-52(80)44(28(3)4)68-46(74)29(5)62-49(77)38(20-31-23-58-34-10-8-7-9-33(31)34)67-48(76)36(12-13-40(53)70)63-42(71)15-17-57-47(75)30-11-14-41(69-55)59-22-30;/h7-11,14,22-24,26-29,35-39,44,58H,12-13,15-21,25,55H2,1-6H3,(H2,53,70)(H2,54,73)(H,56,61)(H,57,75)(H,59,69)(H,60,80)(H,62,77)(H,63,71)(H,64,72)(H,65,78)(H,66,79)(H,67,76)(H,68,74);/t29-,35-,36-,37-,38-,39-,44-;/m0./s1/i;1+1.